The monoisotopic (exact) mass is 251 g/mol. The molecule has 1 heterocycles. The molecule has 0 aliphatic rings. The third kappa shape index (κ3) is 4.45. The number of hydrogen-bond acceptors (Lipinski definition) is 2. The molecule has 1 aromatic heterocycles. The van der Waals surface area contributed by atoms with Crippen LogP contribution < -0.4 is 5.32 Å². The summed E-state index contributed by atoms with van der Waals surface area (Å²) in [5.41, 5.74) is 1.55. The summed E-state index contributed by atoms with van der Waals surface area (Å²) < 4.78 is 2.16. The summed E-state index contributed by atoms with van der Waals surface area (Å²) >= 11 is 0. The second-order valence-corrected chi connectivity index (χ2v) is 6.17. The second-order valence-electron chi connectivity index (χ2n) is 6.17. The molecule has 0 aromatic carbocycles. The molecule has 0 radical (unpaired) electrons. The first-order valence-corrected chi connectivity index (χ1v) is 7.20. The lowest BCUT2D eigenvalue weighted by Gasteiger charge is -2.26. The van der Waals surface area contributed by atoms with Gasteiger partial charge in [-0.05, 0) is 37.9 Å². The minimum Gasteiger partial charge on any atom is -0.316 e. The topological polar surface area (TPSA) is 29.9 Å². The van der Waals surface area contributed by atoms with Gasteiger partial charge in [0, 0.05) is 23.9 Å². The van der Waals surface area contributed by atoms with Crippen LogP contribution in [0.4, 0.5) is 0 Å². The third-order valence-electron chi connectivity index (χ3n) is 3.32. The fraction of sp³-hybridized carbons (Fsp3) is 0.800. The van der Waals surface area contributed by atoms with E-state index in [-0.39, 0.29) is 5.41 Å². The molecule has 3 nitrogen and oxygen atoms in total. The summed E-state index contributed by atoms with van der Waals surface area (Å²) in [5.74, 6) is 0.721. The van der Waals surface area contributed by atoms with E-state index in [0.717, 1.165) is 38.4 Å². The molecule has 0 amide bonds. The highest BCUT2D eigenvalue weighted by Gasteiger charge is 2.23. The maximum absolute atomic E-state index is 4.42. The van der Waals surface area contributed by atoms with E-state index >= 15 is 0 Å². The Labute approximate surface area is 112 Å². The van der Waals surface area contributed by atoms with Crippen LogP contribution in [-0.2, 0) is 12.0 Å². The van der Waals surface area contributed by atoms with Gasteiger partial charge in [0.25, 0.3) is 0 Å². The van der Waals surface area contributed by atoms with Gasteiger partial charge in [-0.2, -0.15) is 5.10 Å². The first kappa shape index (κ1) is 15.2. The zero-order chi connectivity index (χ0) is 13.6. The molecular weight excluding hydrogens is 222 g/mol. The van der Waals surface area contributed by atoms with Crippen molar-refractivity contribution in [2.45, 2.75) is 59.4 Å². The van der Waals surface area contributed by atoms with Gasteiger partial charge < -0.3 is 5.32 Å². The summed E-state index contributed by atoms with van der Waals surface area (Å²) in [5, 5.41) is 7.95. The minimum atomic E-state index is 0.190. The van der Waals surface area contributed by atoms with E-state index in [1.54, 1.807) is 0 Å². The highest BCUT2D eigenvalue weighted by molar-refractivity contribution is 5.13. The molecule has 0 atom stereocenters. The van der Waals surface area contributed by atoms with Gasteiger partial charge in [-0.25, -0.2) is 0 Å². The molecule has 0 saturated carbocycles. The number of hydrogen-bond donors (Lipinski definition) is 1. The molecule has 3 heteroatoms. The SMILES string of the molecule is CCCn1nccc1C(C)(C)CCNCC(C)C. The lowest BCUT2D eigenvalue weighted by molar-refractivity contribution is 0.403. The van der Waals surface area contributed by atoms with Gasteiger partial charge in [0.15, 0.2) is 0 Å². The zero-order valence-corrected chi connectivity index (χ0v) is 12.7. The fourth-order valence-electron chi connectivity index (χ4n) is 2.22. The molecule has 0 aliphatic heterocycles. The molecule has 1 N–H and O–H groups in total. The average Bonchev–Trinajstić information content (AvgIpc) is 2.74. The number of aromatic nitrogens is 2. The van der Waals surface area contributed by atoms with E-state index < -0.39 is 0 Å². The van der Waals surface area contributed by atoms with Gasteiger partial charge in [-0.1, -0.05) is 34.6 Å². The van der Waals surface area contributed by atoms with Gasteiger partial charge in [0.2, 0.25) is 0 Å². The third-order valence-corrected chi connectivity index (χ3v) is 3.32. The van der Waals surface area contributed by atoms with E-state index in [4.69, 9.17) is 0 Å². The Kier molecular flexibility index (Phi) is 5.86. The summed E-state index contributed by atoms with van der Waals surface area (Å²) in [4.78, 5) is 0. The summed E-state index contributed by atoms with van der Waals surface area (Å²) in [6.45, 7) is 14.5. The molecule has 0 saturated heterocycles. The first-order chi connectivity index (χ1) is 8.47. The molecule has 0 unspecified atom stereocenters. The molecule has 0 fully saturated rings. The molecule has 1 rings (SSSR count). The molecule has 0 aliphatic carbocycles. The lowest BCUT2D eigenvalue weighted by atomic mass is 9.85. The lowest BCUT2D eigenvalue weighted by Crippen LogP contribution is -2.29. The first-order valence-electron chi connectivity index (χ1n) is 7.20. The van der Waals surface area contributed by atoms with Crippen LogP contribution in [-0.4, -0.2) is 22.9 Å². The van der Waals surface area contributed by atoms with Crippen molar-refractivity contribution in [2.75, 3.05) is 13.1 Å². The van der Waals surface area contributed by atoms with Crippen LogP contribution in [0.2, 0.25) is 0 Å². The summed E-state index contributed by atoms with van der Waals surface area (Å²) in [7, 11) is 0. The van der Waals surface area contributed by atoms with E-state index in [1.807, 2.05) is 6.20 Å². The van der Waals surface area contributed by atoms with E-state index in [2.05, 4.69) is 55.8 Å². The van der Waals surface area contributed by atoms with Gasteiger partial charge in [0.05, 0.1) is 0 Å². The molecule has 104 valence electrons. The smallest absolute Gasteiger partial charge is 0.0492 e. The molecule has 0 spiro atoms. The molecule has 1 aromatic rings. The number of rotatable bonds is 8. The highest BCUT2D eigenvalue weighted by atomic mass is 15.3. The van der Waals surface area contributed by atoms with Crippen molar-refractivity contribution in [3.8, 4) is 0 Å². The average molecular weight is 251 g/mol. The molecule has 0 bridgehead atoms. The number of aryl methyl sites for hydroxylation is 1. The van der Waals surface area contributed by atoms with Crippen LogP contribution in [0.3, 0.4) is 0 Å². The van der Waals surface area contributed by atoms with Crippen LogP contribution in [0.5, 0.6) is 0 Å². The number of nitrogens with one attached hydrogen (secondary N) is 1. The van der Waals surface area contributed by atoms with Gasteiger partial charge in [-0.3, -0.25) is 4.68 Å². The second kappa shape index (κ2) is 6.93. The van der Waals surface area contributed by atoms with Gasteiger partial charge >= 0.3 is 0 Å². The Hall–Kier alpha value is -0.830. The van der Waals surface area contributed by atoms with Crippen molar-refractivity contribution in [1.29, 1.82) is 0 Å². The Morgan fingerprint density at radius 3 is 2.72 bits per heavy atom. The molecular formula is C15H29N3. The van der Waals surface area contributed by atoms with Crippen molar-refractivity contribution in [3.63, 3.8) is 0 Å². The summed E-state index contributed by atoms with van der Waals surface area (Å²) in [6, 6.07) is 2.16. The molecule has 18 heavy (non-hydrogen) atoms. The maximum atomic E-state index is 4.42. The Balaban J connectivity index is 2.53. The number of nitrogens with zero attached hydrogens (tertiary/aromatic N) is 2. The van der Waals surface area contributed by atoms with Gasteiger partial charge in [0.1, 0.15) is 0 Å². The fourth-order valence-corrected chi connectivity index (χ4v) is 2.22. The van der Waals surface area contributed by atoms with Crippen LogP contribution in [0.15, 0.2) is 12.3 Å². The van der Waals surface area contributed by atoms with Crippen molar-refractivity contribution in [3.05, 3.63) is 18.0 Å². The van der Waals surface area contributed by atoms with Crippen molar-refractivity contribution in [2.24, 2.45) is 5.92 Å². The zero-order valence-electron chi connectivity index (χ0n) is 12.7. The largest absolute Gasteiger partial charge is 0.316 e. The maximum Gasteiger partial charge on any atom is 0.0492 e. The predicted octanol–water partition coefficient (Wildman–Crippen LogP) is 3.21. The Morgan fingerprint density at radius 1 is 1.39 bits per heavy atom. The highest BCUT2D eigenvalue weighted by Crippen LogP contribution is 2.26. The van der Waals surface area contributed by atoms with Gasteiger partial charge in [-0.15, -0.1) is 0 Å². The van der Waals surface area contributed by atoms with Crippen LogP contribution >= 0.6 is 0 Å². The predicted molar refractivity (Wildman–Crippen MR) is 77.9 cm³/mol. The van der Waals surface area contributed by atoms with E-state index in [0.29, 0.717) is 0 Å². The standard InChI is InChI=1S/C15H29N3/c1-6-11-18-14(7-9-17-18)15(4,5)8-10-16-12-13(2)3/h7,9,13,16H,6,8,10-12H2,1-5H3. The van der Waals surface area contributed by atoms with Crippen molar-refractivity contribution < 1.29 is 0 Å². The van der Waals surface area contributed by atoms with E-state index in [1.165, 1.54) is 5.69 Å². The van der Waals surface area contributed by atoms with Crippen molar-refractivity contribution in [1.82, 2.24) is 15.1 Å². The normalized spacial score (nSPS) is 12.3. The van der Waals surface area contributed by atoms with Crippen LogP contribution in [0.1, 0.15) is 53.2 Å². The van der Waals surface area contributed by atoms with Crippen LogP contribution in [0, 0.1) is 5.92 Å². The minimum absolute atomic E-state index is 0.190. The Bertz CT molecular complexity index is 339. The summed E-state index contributed by atoms with van der Waals surface area (Å²) in [6.07, 6.45) is 4.21. The quantitative estimate of drug-likeness (QED) is 0.719. The van der Waals surface area contributed by atoms with Crippen molar-refractivity contribution >= 4 is 0 Å². The van der Waals surface area contributed by atoms with Crippen LogP contribution in [0.25, 0.3) is 0 Å². The van der Waals surface area contributed by atoms with E-state index in [9.17, 15) is 0 Å². The Morgan fingerprint density at radius 2 is 2.11 bits per heavy atom.